The molecule has 1 N–H and O–H groups in total. The summed E-state index contributed by atoms with van der Waals surface area (Å²) >= 11 is 1.17. The third-order valence-corrected chi connectivity index (χ3v) is 6.37. The van der Waals surface area contributed by atoms with Gasteiger partial charge in [0.05, 0.1) is 0 Å². The Bertz CT molecular complexity index is 1590. The van der Waals surface area contributed by atoms with Crippen molar-refractivity contribution in [3.63, 3.8) is 0 Å². The summed E-state index contributed by atoms with van der Waals surface area (Å²) in [6.07, 6.45) is 5.91. The van der Waals surface area contributed by atoms with Gasteiger partial charge in [-0.2, -0.15) is 0 Å². The van der Waals surface area contributed by atoms with Crippen LogP contribution in [0.5, 0.6) is 11.5 Å². The highest BCUT2D eigenvalue weighted by Gasteiger charge is 2.22. The second kappa shape index (κ2) is 8.88. The van der Waals surface area contributed by atoms with Crippen LogP contribution < -0.4 is 4.74 Å². The predicted octanol–water partition coefficient (Wildman–Crippen LogP) is 6.71. The molecule has 2 heterocycles. The molecule has 0 fully saturated rings. The number of thiophene rings is 1. The van der Waals surface area contributed by atoms with E-state index in [1.54, 1.807) is 54.9 Å². The van der Waals surface area contributed by atoms with Crippen LogP contribution >= 0.6 is 11.3 Å². The van der Waals surface area contributed by atoms with Gasteiger partial charge in [-0.05, 0) is 59.5 Å². The molecule has 7 heteroatoms. The third kappa shape index (κ3) is 4.29. The van der Waals surface area contributed by atoms with Crippen LogP contribution in [-0.2, 0) is 4.79 Å². The fraction of sp³-hybridized carbons (Fsp3) is 0. The van der Waals surface area contributed by atoms with Crippen LogP contribution in [-0.4, -0.2) is 21.8 Å². The van der Waals surface area contributed by atoms with Gasteiger partial charge in [0.25, 0.3) is 0 Å². The molecule has 0 aliphatic rings. The van der Waals surface area contributed by atoms with Gasteiger partial charge in [-0.25, -0.2) is 9.18 Å². The molecule has 3 aromatic carbocycles. The lowest BCUT2D eigenvalue weighted by atomic mass is 10.0. The van der Waals surface area contributed by atoms with Crippen LogP contribution in [0.4, 0.5) is 4.39 Å². The maximum atomic E-state index is 13.9. The highest BCUT2D eigenvalue weighted by molar-refractivity contribution is 7.21. The predicted molar refractivity (Wildman–Crippen MR) is 130 cm³/mol. The number of hydrogen-bond acceptors (Lipinski definition) is 5. The number of ether oxygens (including phenoxy) is 1. The summed E-state index contributed by atoms with van der Waals surface area (Å²) in [6.45, 7) is 0. The number of pyridine rings is 1. The molecule has 0 saturated heterocycles. The average Bonchev–Trinajstić information content (AvgIpc) is 3.19. The normalized spacial score (nSPS) is 11.3. The number of rotatable bonds is 6. The van der Waals surface area contributed by atoms with Gasteiger partial charge in [0.1, 0.15) is 16.4 Å². The van der Waals surface area contributed by atoms with Crippen molar-refractivity contribution >= 4 is 50.0 Å². The van der Waals surface area contributed by atoms with Crippen molar-refractivity contribution < 1.29 is 23.8 Å². The second-order valence-corrected chi connectivity index (χ2v) is 8.56. The molecule has 0 amide bonds. The molecule has 0 aliphatic carbocycles. The number of aromatic nitrogens is 1. The standard InChI is InChI=1S/C27H16FNO4S/c28-20-6-9-22-23(14-20)34-27(25(32)18-5-4-17-11-12-29-15-19(17)13-18)26(22)33-21-7-1-16(2-8-21)3-10-24(30)31/h1-15H,(H,30,31)/b10-3+. The summed E-state index contributed by atoms with van der Waals surface area (Å²) in [6, 6.07) is 18.4. The van der Waals surface area contributed by atoms with E-state index in [4.69, 9.17) is 9.84 Å². The van der Waals surface area contributed by atoms with E-state index in [0.29, 0.717) is 37.6 Å². The Morgan fingerprint density at radius 3 is 2.59 bits per heavy atom. The lowest BCUT2D eigenvalue weighted by molar-refractivity contribution is -0.131. The molecule has 0 atom stereocenters. The minimum absolute atomic E-state index is 0.233. The number of fused-ring (bicyclic) bond motifs is 2. The van der Waals surface area contributed by atoms with Crippen molar-refractivity contribution in [2.75, 3.05) is 0 Å². The van der Waals surface area contributed by atoms with Crippen molar-refractivity contribution in [1.29, 1.82) is 0 Å². The van der Waals surface area contributed by atoms with E-state index in [1.165, 1.54) is 29.5 Å². The fourth-order valence-electron chi connectivity index (χ4n) is 3.59. The largest absolute Gasteiger partial charge is 0.478 e. The first-order valence-electron chi connectivity index (χ1n) is 10.3. The maximum absolute atomic E-state index is 13.9. The zero-order valence-corrected chi connectivity index (χ0v) is 18.4. The molecule has 5 aromatic rings. The van der Waals surface area contributed by atoms with E-state index in [9.17, 15) is 14.0 Å². The smallest absolute Gasteiger partial charge is 0.328 e. The average molecular weight is 469 g/mol. The Labute approximate surface area is 197 Å². The molecule has 0 unspecified atom stereocenters. The minimum Gasteiger partial charge on any atom is -0.478 e. The highest BCUT2D eigenvalue weighted by atomic mass is 32.1. The molecule has 0 aliphatic heterocycles. The Kier molecular flexibility index (Phi) is 5.61. The molecule has 0 radical (unpaired) electrons. The number of carbonyl (C=O) groups excluding carboxylic acids is 1. The van der Waals surface area contributed by atoms with E-state index in [-0.39, 0.29) is 5.78 Å². The number of nitrogens with zero attached hydrogens (tertiary/aromatic N) is 1. The summed E-state index contributed by atoms with van der Waals surface area (Å²) in [5.74, 6) is -0.850. The SMILES string of the molecule is O=C(O)/C=C/c1ccc(Oc2c(C(=O)c3ccc4ccncc4c3)sc3cc(F)ccc23)cc1. The second-order valence-electron chi connectivity index (χ2n) is 7.51. The Morgan fingerprint density at radius 1 is 0.971 bits per heavy atom. The highest BCUT2D eigenvalue weighted by Crippen LogP contribution is 2.42. The molecule has 34 heavy (non-hydrogen) atoms. The Morgan fingerprint density at radius 2 is 1.79 bits per heavy atom. The quantitative estimate of drug-likeness (QED) is 0.221. The molecular formula is C27H16FNO4S. The van der Waals surface area contributed by atoms with Crippen LogP contribution in [0.3, 0.4) is 0 Å². The number of halogens is 1. The first kappa shape index (κ1) is 21.5. The summed E-state index contributed by atoms with van der Waals surface area (Å²) in [7, 11) is 0. The van der Waals surface area contributed by atoms with Crippen LogP contribution in [0.2, 0.25) is 0 Å². The van der Waals surface area contributed by atoms with Crippen LogP contribution in [0.25, 0.3) is 26.9 Å². The van der Waals surface area contributed by atoms with Crippen molar-refractivity contribution in [2.24, 2.45) is 0 Å². The third-order valence-electron chi connectivity index (χ3n) is 5.23. The molecule has 0 bridgehead atoms. The maximum Gasteiger partial charge on any atom is 0.328 e. The van der Waals surface area contributed by atoms with E-state index in [1.807, 2.05) is 12.1 Å². The fourth-order valence-corrected chi connectivity index (χ4v) is 4.70. The molecule has 0 spiro atoms. The topological polar surface area (TPSA) is 76.5 Å². The number of carbonyl (C=O) groups is 2. The number of benzene rings is 3. The Hall–Kier alpha value is -4.36. The number of carboxylic acids is 1. The van der Waals surface area contributed by atoms with Gasteiger partial charge in [-0.1, -0.05) is 24.3 Å². The minimum atomic E-state index is -1.04. The molecular weight excluding hydrogens is 453 g/mol. The van der Waals surface area contributed by atoms with Crippen LogP contribution in [0, 0.1) is 5.82 Å². The first-order chi connectivity index (χ1) is 16.5. The van der Waals surface area contributed by atoms with Crippen molar-refractivity contribution in [3.8, 4) is 11.5 Å². The molecule has 5 rings (SSSR count). The lowest BCUT2D eigenvalue weighted by Crippen LogP contribution is -2.01. The summed E-state index contributed by atoms with van der Waals surface area (Å²) < 4.78 is 20.6. The van der Waals surface area contributed by atoms with Gasteiger partial charge < -0.3 is 9.84 Å². The Balaban J connectivity index is 1.55. The van der Waals surface area contributed by atoms with E-state index in [2.05, 4.69) is 4.98 Å². The van der Waals surface area contributed by atoms with E-state index < -0.39 is 11.8 Å². The van der Waals surface area contributed by atoms with E-state index in [0.717, 1.165) is 16.8 Å². The monoisotopic (exact) mass is 469 g/mol. The van der Waals surface area contributed by atoms with Crippen molar-refractivity contribution in [1.82, 2.24) is 4.98 Å². The van der Waals surface area contributed by atoms with Gasteiger partial charge >= 0.3 is 5.97 Å². The number of hydrogen-bond donors (Lipinski definition) is 1. The van der Waals surface area contributed by atoms with Gasteiger partial charge in [0.2, 0.25) is 5.78 Å². The summed E-state index contributed by atoms with van der Waals surface area (Å²) in [5, 5.41) is 11.2. The van der Waals surface area contributed by atoms with Gasteiger partial charge in [-0.3, -0.25) is 9.78 Å². The number of aliphatic carboxylic acids is 1. The zero-order valence-electron chi connectivity index (χ0n) is 17.6. The first-order valence-corrected chi connectivity index (χ1v) is 11.1. The molecule has 166 valence electrons. The van der Waals surface area contributed by atoms with Crippen LogP contribution in [0.15, 0.2) is 85.2 Å². The van der Waals surface area contributed by atoms with Crippen molar-refractivity contribution in [2.45, 2.75) is 0 Å². The molecule has 2 aromatic heterocycles. The molecule has 5 nitrogen and oxygen atoms in total. The van der Waals surface area contributed by atoms with Crippen molar-refractivity contribution in [3.05, 3.63) is 107 Å². The van der Waals surface area contributed by atoms with Gasteiger partial charge in [0, 0.05) is 39.5 Å². The summed E-state index contributed by atoms with van der Waals surface area (Å²) in [5.41, 5.74) is 1.17. The number of ketones is 1. The molecule has 0 saturated carbocycles. The number of carboxylic acid groups (broad SMARTS) is 1. The van der Waals surface area contributed by atoms with E-state index >= 15 is 0 Å². The van der Waals surface area contributed by atoms with Gasteiger partial charge in [-0.15, -0.1) is 11.3 Å². The van der Waals surface area contributed by atoms with Crippen LogP contribution in [0.1, 0.15) is 20.8 Å². The lowest BCUT2D eigenvalue weighted by Gasteiger charge is -2.08. The zero-order chi connectivity index (χ0) is 23.7. The summed E-state index contributed by atoms with van der Waals surface area (Å²) in [4.78, 5) is 28.7. The van der Waals surface area contributed by atoms with Gasteiger partial charge in [0.15, 0.2) is 5.75 Å².